The van der Waals surface area contributed by atoms with Gasteiger partial charge in [-0.3, -0.25) is 0 Å². The van der Waals surface area contributed by atoms with Gasteiger partial charge < -0.3 is 14.5 Å². The molecular formula is C34H29IrN3-2. The second-order valence-electron chi connectivity index (χ2n) is 9.32. The Kier molecular flexibility index (Phi) is 8.68. The van der Waals surface area contributed by atoms with Crippen LogP contribution in [0.1, 0.15) is 16.8 Å². The van der Waals surface area contributed by atoms with E-state index in [-0.39, 0.29) is 20.1 Å². The minimum Gasteiger partial charge on any atom is -0.348 e. The van der Waals surface area contributed by atoms with Crippen LogP contribution in [0, 0.1) is 32.9 Å². The number of aryl methyl sites for hydroxylation is 4. The quantitative estimate of drug-likeness (QED) is 0.178. The van der Waals surface area contributed by atoms with Gasteiger partial charge in [-0.05, 0) is 67.6 Å². The topological polar surface area (TPSA) is 30.7 Å². The van der Waals surface area contributed by atoms with E-state index in [1.165, 1.54) is 38.9 Å². The first-order chi connectivity index (χ1) is 18.0. The van der Waals surface area contributed by atoms with Crippen molar-refractivity contribution < 1.29 is 20.1 Å². The first-order valence-electron chi connectivity index (χ1n) is 12.4. The van der Waals surface area contributed by atoms with Crippen LogP contribution in [-0.4, -0.2) is 14.5 Å². The van der Waals surface area contributed by atoms with E-state index in [0.717, 1.165) is 22.5 Å². The Hall–Kier alpha value is -3.85. The third-order valence-electron chi connectivity index (χ3n) is 6.51. The summed E-state index contributed by atoms with van der Waals surface area (Å²) in [5.74, 6) is 0. The van der Waals surface area contributed by atoms with Crippen LogP contribution in [0.3, 0.4) is 0 Å². The van der Waals surface area contributed by atoms with E-state index < -0.39 is 0 Å². The monoisotopic (exact) mass is 672 g/mol. The predicted molar refractivity (Wildman–Crippen MR) is 153 cm³/mol. The van der Waals surface area contributed by atoms with Gasteiger partial charge in [0.1, 0.15) is 0 Å². The molecule has 0 fully saturated rings. The molecule has 0 saturated carbocycles. The molecule has 3 nitrogen and oxygen atoms in total. The Morgan fingerprint density at radius 1 is 0.658 bits per heavy atom. The summed E-state index contributed by atoms with van der Waals surface area (Å²) in [5, 5.41) is 1.27. The predicted octanol–water partition coefficient (Wildman–Crippen LogP) is 8.18. The van der Waals surface area contributed by atoms with Crippen molar-refractivity contribution in [3.63, 3.8) is 0 Å². The molecule has 0 aliphatic rings. The Morgan fingerprint density at radius 2 is 1.47 bits per heavy atom. The molecule has 191 valence electrons. The number of aromatic nitrogens is 3. The van der Waals surface area contributed by atoms with Crippen LogP contribution >= 0.6 is 0 Å². The van der Waals surface area contributed by atoms with E-state index in [0.29, 0.717) is 0 Å². The van der Waals surface area contributed by atoms with E-state index in [9.17, 15) is 0 Å². The van der Waals surface area contributed by atoms with Crippen LogP contribution in [0.4, 0.5) is 0 Å². The number of hydrogen-bond acceptors (Lipinski definition) is 2. The SMILES string of the molecule is Cc1ccc(-c2[c-]cccc2)nc1.Cc1ccnc(-c2[c-]ccc(-c3ccc4c(c3)cc(C)n4C)c2)c1.[Ir]. The van der Waals surface area contributed by atoms with Gasteiger partial charge in [-0.25, -0.2) is 0 Å². The van der Waals surface area contributed by atoms with Crippen molar-refractivity contribution in [2.24, 2.45) is 7.05 Å². The minimum absolute atomic E-state index is 0. The molecule has 6 aromatic rings. The van der Waals surface area contributed by atoms with Crippen LogP contribution in [0.5, 0.6) is 0 Å². The van der Waals surface area contributed by atoms with Crippen molar-refractivity contribution >= 4 is 10.9 Å². The molecule has 0 aliphatic heterocycles. The summed E-state index contributed by atoms with van der Waals surface area (Å²) in [6.45, 7) is 6.25. The molecule has 38 heavy (non-hydrogen) atoms. The van der Waals surface area contributed by atoms with Crippen LogP contribution in [0.15, 0.2) is 103 Å². The zero-order chi connectivity index (χ0) is 25.8. The molecule has 0 N–H and O–H groups in total. The summed E-state index contributed by atoms with van der Waals surface area (Å²) in [5.41, 5.74) is 11.3. The molecule has 6 rings (SSSR count). The van der Waals surface area contributed by atoms with Crippen molar-refractivity contribution in [3.05, 3.63) is 132 Å². The van der Waals surface area contributed by atoms with Crippen LogP contribution in [0.2, 0.25) is 0 Å². The van der Waals surface area contributed by atoms with E-state index >= 15 is 0 Å². The van der Waals surface area contributed by atoms with Gasteiger partial charge in [0.05, 0.1) is 0 Å². The fraction of sp³-hybridized carbons (Fsp3) is 0.118. The number of hydrogen-bond donors (Lipinski definition) is 0. The molecule has 1 radical (unpaired) electrons. The number of benzene rings is 3. The molecule has 0 aliphatic carbocycles. The minimum atomic E-state index is 0. The molecular weight excluding hydrogens is 643 g/mol. The third-order valence-corrected chi connectivity index (χ3v) is 6.51. The standard InChI is InChI=1S/C22H19N2.C12H10N.Ir/c1-15-9-10-23-21(11-15)19-6-4-5-17(13-19)18-7-8-22-20(14-18)12-16(2)24(22)3;1-10-7-8-12(13-9-10)11-5-3-2-4-6-11;/h4-5,7-14H,1-3H3;2-5,7-9H,1H3;/q2*-1;. The molecule has 0 bridgehead atoms. The Balaban J connectivity index is 0.000000204. The first kappa shape index (κ1) is 27.2. The summed E-state index contributed by atoms with van der Waals surface area (Å²) < 4.78 is 2.22. The largest absolute Gasteiger partial charge is 0.348 e. The maximum absolute atomic E-state index is 4.47. The Labute approximate surface area is 238 Å². The van der Waals surface area contributed by atoms with Crippen LogP contribution < -0.4 is 0 Å². The van der Waals surface area contributed by atoms with E-state index in [1.54, 1.807) is 0 Å². The number of pyridine rings is 2. The molecule has 3 aromatic carbocycles. The Morgan fingerprint density at radius 3 is 2.21 bits per heavy atom. The third kappa shape index (κ3) is 6.16. The van der Waals surface area contributed by atoms with Crippen molar-refractivity contribution in [2.45, 2.75) is 20.8 Å². The second kappa shape index (κ2) is 12.1. The maximum atomic E-state index is 4.47. The molecule has 3 heterocycles. The summed E-state index contributed by atoms with van der Waals surface area (Å²) in [4.78, 5) is 8.79. The van der Waals surface area contributed by atoms with Gasteiger partial charge in [-0.2, -0.15) is 0 Å². The summed E-state index contributed by atoms with van der Waals surface area (Å²) in [6, 6.07) is 37.6. The van der Waals surface area contributed by atoms with Gasteiger partial charge in [0.25, 0.3) is 0 Å². The van der Waals surface area contributed by atoms with Gasteiger partial charge in [0.2, 0.25) is 0 Å². The fourth-order valence-electron chi connectivity index (χ4n) is 4.32. The first-order valence-corrected chi connectivity index (χ1v) is 12.4. The normalized spacial score (nSPS) is 10.4. The molecule has 0 unspecified atom stereocenters. The summed E-state index contributed by atoms with van der Waals surface area (Å²) >= 11 is 0. The van der Waals surface area contributed by atoms with Crippen molar-refractivity contribution in [1.82, 2.24) is 14.5 Å². The van der Waals surface area contributed by atoms with Gasteiger partial charge in [0.15, 0.2) is 0 Å². The van der Waals surface area contributed by atoms with Gasteiger partial charge in [0, 0.05) is 56.1 Å². The molecule has 0 saturated heterocycles. The van der Waals surface area contributed by atoms with Gasteiger partial charge in [-0.15, -0.1) is 71.3 Å². The zero-order valence-electron chi connectivity index (χ0n) is 22.0. The van der Waals surface area contributed by atoms with Crippen molar-refractivity contribution in [3.8, 4) is 33.6 Å². The van der Waals surface area contributed by atoms with Crippen molar-refractivity contribution in [1.29, 1.82) is 0 Å². The average Bonchev–Trinajstić information content (AvgIpc) is 3.22. The van der Waals surface area contributed by atoms with E-state index in [4.69, 9.17) is 0 Å². The smallest absolute Gasteiger partial charge is 0.0480 e. The van der Waals surface area contributed by atoms with E-state index in [1.807, 2.05) is 61.8 Å². The number of fused-ring (bicyclic) bond motifs is 1. The molecule has 0 atom stereocenters. The molecule has 4 heteroatoms. The number of rotatable bonds is 3. The fourth-order valence-corrected chi connectivity index (χ4v) is 4.32. The van der Waals surface area contributed by atoms with Crippen LogP contribution in [-0.2, 0) is 27.2 Å². The van der Waals surface area contributed by atoms with Gasteiger partial charge >= 0.3 is 0 Å². The summed E-state index contributed by atoms with van der Waals surface area (Å²) in [7, 11) is 2.11. The molecule has 3 aromatic heterocycles. The average molecular weight is 672 g/mol. The summed E-state index contributed by atoms with van der Waals surface area (Å²) in [6.07, 6.45) is 3.72. The number of nitrogens with zero attached hydrogens (tertiary/aromatic N) is 3. The van der Waals surface area contributed by atoms with Crippen LogP contribution in [0.25, 0.3) is 44.5 Å². The maximum Gasteiger partial charge on any atom is 0.0480 e. The second-order valence-corrected chi connectivity index (χ2v) is 9.32. The molecule has 0 amide bonds. The zero-order valence-corrected chi connectivity index (χ0v) is 24.4. The Bertz CT molecular complexity index is 1650. The van der Waals surface area contributed by atoms with Crippen molar-refractivity contribution in [2.75, 3.05) is 0 Å². The van der Waals surface area contributed by atoms with E-state index in [2.05, 4.69) is 96.1 Å². The van der Waals surface area contributed by atoms with Gasteiger partial charge in [-0.1, -0.05) is 29.8 Å². The molecule has 0 spiro atoms.